The minimum atomic E-state index is -0.136. The van der Waals surface area contributed by atoms with Crippen LogP contribution in [0.25, 0.3) is 0 Å². The lowest BCUT2D eigenvalue weighted by Crippen LogP contribution is -2.59. The highest BCUT2D eigenvalue weighted by atomic mass is 16.5. The van der Waals surface area contributed by atoms with Gasteiger partial charge in [0.1, 0.15) is 0 Å². The van der Waals surface area contributed by atoms with Gasteiger partial charge in [-0.15, -0.1) is 0 Å². The smallest absolute Gasteiger partial charge is 0.0723 e. The van der Waals surface area contributed by atoms with Gasteiger partial charge in [-0.3, -0.25) is 4.90 Å². The lowest BCUT2D eigenvalue weighted by Gasteiger charge is -2.59. The summed E-state index contributed by atoms with van der Waals surface area (Å²) in [6.45, 7) is 7.92. The zero-order valence-corrected chi connectivity index (χ0v) is 13.7. The number of aliphatic hydroxyl groups excluding tert-OH is 1. The van der Waals surface area contributed by atoms with Crippen molar-refractivity contribution in [2.75, 3.05) is 26.3 Å². The lowest BCUT2D eigenvalue weighted by molar-refractivity contribution is -0.143. The summed E-state index contributed by atoms with van der Waals surface area (Å²) in [5, 5.41) is 11.1. The number of hydrogen-bond acceptors (Lipinski definition) is 3. The second kappa shape index (κ2) is 4.94. The molecule has 1 aliphatic heterocycles. The van der Waals surface area contributed by atoms with E-state index in [1.54, 1.807) is 0 Å². The van der Waals surface area contributed by atoms with Gasteiger partial charge in [0.15, 0.2) is 0 Å². The molecule has 0 radical (unpaired) electrons. The van der Waals surface area contributed by atoms with Gasteiger partial charge in [0.25, 0.3) is 0 Å². The lowest BCUT2D eigenvalue weighted by atomic mass is 9.48. The van der Waals surface area contributed by atoms with Gasteiger partial charge < -0.3 is 9.84 Å². The second-order valence-corrected chi connectivity index (χ2v) is 9.11. The standard InChI is InChI=1S/C18H31NO2/c1-17(2)12-21-4-3-19(17)11-16(20)18-8-13-5-14(9-18)7-15(6-13)10-18/h13-16,20H,3-12H2,1-2H3. The Balaban J connectivity index is 1.48. The maximum absolute atomic E-state index is 11.1. The summed E-state index contributed by atoms with van der Waals surface area (Å²) in [4.78, 5) is 2.47. The monoisotopic (exact) mass is 293 g/mol. The van der Waals surface area contributed by atoms with Crippen LogP contribution in [0.1, 0.15) is 52.4 Å². The Morgan fingerprint density at radius 3 is 2.19 bits per heavy atom. The molecule has 4 bridgehead atoms. The van der Waals surface area contributed by atoms with Gasteiger partial charge in [-0.05, 0) is 75.5 Å². The van der Waals surface area contributed by atoms with Crippen LogP contribution in [0.4, 0.5) is 0 Å². The summed E-state index contributed by atoms with van der Waals surface area (Å²) in [5.74, 6) is 2.76. The van der Waals surface area contributed by atoms with Crippen molar-refractivity contribution in [3.63, 3.8) is 0 Å². The molecule has 21 heavy (non-hydrogen) atoms. The number of aliphatic hydroxyl groups is 1. The second-order valence-electron chi connectivity index (χ2n) is 9.11. The summed E-state index contributed by atoms with van der Waals surface area (Å²) in [6.07, 6.45) is 8.11. The van der Waals surface area contributed by atoms with Gasteiger partial charge in [-0.1, -0.05) is 0 Å². The minimum absolute atomic E-state index is 0.0710. The minimum Gasteiger partial charge on any atom is -0.391 e. The number of rotatable bonds is 3. The van der Waals surface area contributed by atoms with Gasteiger partial charge in [-0.25, -0.2) is 0 Å². The molecule has 120 valence electrons. The molecule has 0 aromatic carbocycles. The summed E-state index contributed by atoms with van der Waals surface area (Å²) >= 11 is 0. The number of β-amino-alcohol motifs (C(OH)–C–C–N with tert-alkyl or cyclic N) is 1. The number of morpholine rings is 1. The van der Waals surface area contributed by atoms with Crippen LogP contribution in [0, 0.1) is 23.2 Å². The van der Waals surface area contributed by atoms with Crippen LogP contribution in [0.5, 0.6) is 0 Å². The van der Waals surface area contributed by atoms with Crippen LogP contribution in [0.15, 0.2) is 0 Å². The van der Waals surface area contributed by atoms with E-state index in [2.05, 4.69) is 18.7 Å². The normalized spacial score (nSPS) is 46.7. The van der Waals surface area contributed by atoms with Gasteiger partial charge in [0.2, 0.25) is 0 Å². The first-order chi connectivity index (χ1) is 9.97. The Bertz CT molecular complexity index is 371. The van der Waals surface area contributed by atoms with Crippen LogP contribution >= 0.6 is 0 Å². The molecule has 4 aliphatic carbocycles. The predicted octanol–water partition coefficient (Wildman–Crippen LogP) is 2.67. The molecule has 5 fully saturated rings. The Morgan fingerprint density at radius 1 is 1.10 bits per heavy atom. The van der Waals surface area contributed by atoms with E-state index < -0.39 is 0 Å². The third-order valence-electron chi connectivity index (χ3n) is 7.00. The molecule has 0 spiro atoms. The molecule has 1 unspecified atom stereocenters. The fourth-order valence-corrected chi connectivity index (χ4v) is 6.22. The van der Waals surface area contributed by atoms with Gasteiger partial charge in [0, 0.05) is 18.6 Å². The summed E-state index contributed by atoms with van der Waals surface area (Å²) in [7, 11) is 0. The average Bonchev–Trinajstić information content (AvgIpc) is 2.39. The molecule has 1 saturated heterocycles. The fraction of sp³-hybridized carbons (Fsp3) is 1.00. The summed E-state index contributed by atoms with van der Waals surface area (Å²) in [5.41, 5.74) is 0.324. The Labute approximate surface area is 129 Å². The van der Waals surface area contributed by atoms with E-state index in [9.17, 15) is 5.11 Å². The van der Waals surface area contributed by atoms with Crippen molar-refractivity contribution in [3.05, 3.63) is 0 Å². The maximum atomic E-state index is 11.1. The van der Waals surface area contributed by atoms with Crippen LogP contribution in [0.3, 0.4) is 0 Å². The molecule has 3 nitrogen and oxygen atoms in total. The molecule has 4 saturated carbocycles. The van der Waals surface area contributed by atoms with Crippen LogP contribution in [-0.2, 0) is 4.74 Å². The highest BCUT2D eigenvalue weighted by Crippen LogP contribution is 2.61. The summed E-state index contributed by atoms with van der Waals surface area (Å²) in [6, 6.07) is 0. The highest BCUT2D eigenvalue weighted by Gasteiger charge is 2.54. The third kappa shape index (κ3) is 2.46. The van der Waals surface area contributed by atoms with Crippen LogP contribution in [0.2, 0.25) is 0 Å². The first-order valence-corrected chi connectivity index (χ1v) is 8.98. The van der Waals surface area contributed by atoms with E-state index in [0.29, 0.717) is 0 Å². The highest BCUT2D eigenvalue weighted by molar-refractivity contribution is 5.05. The molecule has 5 rings (SSSR count). The molecule has 5 aliphatic rings. The van der Waals surface area contributed by atoms with Crippen molar-refractivity contribution in [2.45, 2.75) is 64.0 Å². The van der Waals surface area contributed by atoms with E-state index in [4.69, 9.17) is 4.74 Å². The third-order valence-corrected chi connectivity index (χ3v) is 7.00. The molecular formula is C18H31NO2. The Hall–Kier alpha value is -0.120. The van der Waals surface area contributed by atoms with Gasteiger partial charge in [-0.2, -0.15) is 0 Å². The van der Waals surface area contributed by atoms with E-state index in [-0.39, 0.29) is 17.1 Å². The van der Waals surface area contributed by atoms with Crippen molar-refractivity contribution in [3.8, 4) is 0 Å². The van der Waals surface area contributed by atoms with Gasteiger partial charge in [0.05, 0.1) is 19.3 Å². The zero-order chi connectivity index (χ0) is 14.7. The number of nitrogens with zero attached hydrogens (tertiary/aromatic N) is 1. The van der Waals surface area contributed by atoms with E-state index in [0.717, 1.165) is 44.1 Å². The largest absolute Gasteiger partial charge is 0.391 e. The van der Waals surface area contributed by atoms with Crippen molar-refractivity contribution in [2.24, 2.45) is 23.2 Å². The average molecular weight is 293 g/mol. The molecule has 1 heterocycles. The van der Waals surface area contributed by atoms with Crippen LogP contribution < -0.4 is 0 Å². The first-order valence-electron chi connectivity index (χ1n) is 8.98. The van der Waals surface area contributed by atoms with Crippen LogP contribution in [-0.4, -0.2) is 48.0 Å². The Kier molecular flexibility index (Phi) is 3.40. The molecule has 0 amide bonds. The number of ether oxygens (including phenoxy) is 1. The predicted molar refractivity (Wildman–Crippen MR) is 83.1 cm³/mol. The molecule has 0 aromatic heterocycles. The SMILES string of the molecule is CC1(C)COCCN1CC(O)C12CC3CC(CC(C3)C1)C2. The van der Waals surface area contributed by atoms with Crippen molar-refractivity contribution in [1.82, 2.24) is 4.90 Å². The quantitative estimate of drug-likeness (QED) is 0.868. The van der Waals surface area contributed by atoms with Crippen molar-refractivity contribution >= 4 is 0 Å². The Morgan fingerprint density at radius 2 is 1.67 bits per heavy atom. The molecule has 1 atom stereocenters. The van der Waals surface area contributed by atoms with Crippen molar-refractivity contribution < 1.29 is 9.84 Å². The molecule has 0 aromatic rings. The fourth-order valence-electron chi connectivity index (χ4n) is 6.22. The molecule has 3 heteroatoms. The van der Waals surface area contributed by atoms with Crippen molar-refractivity contribution in [1.29, 1.82) is 0 Å². The van der Waals surface area contributed by atoms with E-state index >= 15 is 0 Å². The summed E-state index contributed by atoms with van der Waals surface area (Å²) < 4.78 is 5.62. The number of hydrogen-bond donors (Lipinski definition) is 1. The van der Waals surface area contributed by atoms with E-state index in [1.807, 2.05) is 0 Å². The van der Waals surface area contributed by atoms with E-state index in [1.165, 1.54) is 38.5 Å². The topological polar surface area (TPSA) is 32.7 Å². The first kappa shape index (κ1) is 14.5. The molecule has 1 N–H and O–H groups in total. The maximum Gasteiger partial charge on any atom is 0.0723 e. The van der Waals surface area contributed by atoms with Gasteiger partial charge >= 0.3 is 0 Å². The molecular weight excluding hydrogens is 262 g/mol. The zero-order valence-electron chi connectivity index (χ0n) is 13.7.